The van der Waals surface area contributed by atoms with Crippen LogP contribution in [0.15, 0.2) is 60.8 Å². The number of pyridine rings is 1. The number of nitrogens with one attached hydrogen (secondary N) is 1. The Kier molecular flexibility index (Phi) is 8.82. The summed E-state index contributed by atoms with van der Waals surface area (Å²) in [6, 6.07) is 9.94. The van der Waals surface area contributed by atoms with E-state index in [2.05, 4.69) is 15.2 Å². The van der Waals surface area contributed by atoms with Gasteiger partial charge in [-0.05, 0) is 53.1 Å². The lowest BCUT2D eigenvalue weighted by molar-refractivity contribution is -0.137. The number of fused-ring (bicyclic) bond motifs is 3. The first-order valence-electron chi connectivity index (χ1n) is 12.1. The molecule has 1 amide bonds. The molecule has 1 aliphatic heterocycles. The van der Waals surface area contributed by atoms with E-state index in [1.54, 1.807) is 12.1 Å². The minimum atomic E-state index is -4.57. The van der Waals surface area contributed by atoms with Crippen LogP contribution in [0.25, 0.3) is 17.0 Å². The van der Waals surface area contributed by atoms with Crippen molar-refractivity contribution in [2.45, 2.75) is 25.7 Å². The van der Waals surface area contributed by atoms with E-state index in [-0.39, 0.29) is 29.5 Å². The molecule has 0 unspecified atom stereocenters. The molecule has 0 fully saturated rings. The maximum Gasteiger partial charge on any atom is 0.416 e. The lowest BCUT2D eigenvalue weighted by Crippen LogP contribution is -2.34. The normalized spacial score (nSPS) is 13.8. The Labute approximate surface area is 237 Å². The van der Waals surface area contributed by atoms with Crippen LogP contribution in [0.3, 0.4) is 0 Å². The van der Waals surface area contributed by atoms with Gasteiger partial charge in [-0.2, -0.15) is 17.6 Å². The van der Waals surface area contributed by atoms with Crippen LogP contribution in [-0.2, 0) is 25.7 Å². The van der Waals surface area contributed by atoms with Gasteiger partial charge >= 0.3 is 12.2 Å². The highest BCUT2D eigenvalue weighted by molar-refractivity contribution is 6.30. The molecular formula is C28H23Cl2F5N4O. The van der Waals surface area contributed by atoms with Crippen LogP contribution < -0.4 is 5.32 Å². The second-order valence-corrected chi connectivity index (χ2v) is 9.60. The Balaban J connectivity index is 0.00000370. The third kappa shape index (κ3) is 6.29. The van der Waals surface area contributed by atoms with Crippen LogP contribution >= 0.6 is 24.0 Å². The van der Waals surface area contributed by atoms with Crippen molar-refractivity contribution in [1.29, 1.82) is 0 Å². The van der Waals surface area contributed by atoms with Crippen molar-refractivity contribution in [3.05, 3.63) is 106 Å². The van der Waals surface area contributed by atoms with E-state index < -0.39 is 29.5 Å². The molecule has 1 N–H and O–H groups in total. The van der Waals surface area contributed by atoms with Gasteiger partial charge in [0, 0.05) is 49.9 Å². The quantitative estimate of drug-likeness (QED) is 0.195. The molecule has 4 aromatic rings. The zero-order valence-electron chi connectivity index (χ0n) is 20.8. The van der Waals surface area contributed by atoms with E-state index in [1.165, 1.54) is 35.0 Å². The van der Waals surface area contributed by atoms with Gasteiger partial charge in [-0.3, -0.25) is 9.47 Å². The Morgan fingerprint density at radius 2 is 1.90 bits per heavy atom. The molecule has 40 heavy (non-hydrogen) atoms. The molecule has 210 valence electrons. The third-order valence-electron chi connectivity index (χ3n) is 6.61. The smallest absolute Gasteiger partial charge is 0.333 e. The molecule has 3 heterocycles. The number of hydrogen-bond acceptors (Lipinski definition) is 3. The van der Waals surface area contributed by atoms with Gasteiger partial charge in [0.05, 0.1) is 16.1 Å². The molecule has 0 bridgehead atoms. The molecule has 5 rings (SSSR count). The van der Waals surface area contributed by atoms with Gasteiger partial charge in [-0.15, -0.1) is 12.4 Å². The van der Waals surface area contributed by atoms with Gasteiger partial charge in [0.1, 0.15) is 5.82 Å². The predicted octanol–water partition coefficient (Wildman–Crippen LogP) is 7.24. The molecule has 0 aliphatic carbocycles. The first-order chi connectivity index (χ1) is 18.6. The summed E-state index contributed by atoms with van der Waals surface area (Å²) >= 11 is 5.84. The molecule has 2 aromatic heterocycles. The standard InChI is InChI=1S/C28H22ClF5N4O.ClH/c29-22-12-17(3-6-23(22)30)2-1-10-37-11-8-24-21(16-37)20-5-4-19(28(32,33)34)14-25(20)38(24)27(39)36-15-18-7-9-35-26(31)13-18;/h1-7,9,12-14H,8,10-11,15-16H2,(H,36,39);1H/b2-1+;. The molecule has 0 saturated heterocycles. The van der Waals surface area contributed by atoms with Crippen LogP contribution in [0, 0.1) is 11.8 Å². The van der Waals surface area contributed by atoms with E-state index in [9.17, 15) is 26.7 Å². The molecule has 0 spiro atoms. The topological polar surface area (TPSA) is 50.2 Å². The highest BCUT2D eigenvalue weighted by atomic mass is 35.5. The molecule has 12 heteroatoms. The van der Waals surface area contributed by atoms with Crippen molar-refractivity contribution in [3.8, 4) is 0 Å². The Bertz CT molecular complexity index is 1590. The van der Waals surface area contributed by atoms with E-state index in [4.69, 9.17) is 11.6 Å². The molecular weight excluding hydrogens is 574 g/mol. The summed E-state index contributed by atoms with van der Waals surface area (Å²) in [5.41, 5.74) is 1.92. The third-order valence-corrected chi connectivity index (χ3v) is 6.90. The number of alkyl halides is 3. The van der Waals surface area contributed by atoms with Gasteiger partial charge in [0.2, 0.25) is 5.95 Å². The predicted molar refractivity (Wildman–Crippen MR) is 145 cm³/mol. The zero-order valence-corrected chi connectivity index (χ0v) is 22.4. The van der Waals surface area contributed by atoms with E-state index >= 15 is 0 Å². The number of amides is 1. The van der Waals surface area contributed by atoms with Crippen molar-refractivity contribution in [3.63, 3.8) is 0 Å². The van der Waals surface area contributed by atoms with Gasteiger partial charge in [-0.25, -0.2) is 14.2 Å². The SMILES string of the molecule is Cl.O=C(NCc1ccnc(F)c1)n1c2c(c3ccc(C(F)(F)F)cc31)CN(C/C=C/c1ccc(F)c(Cl)c1)CC2. The average molecular weight is 597 g/mol. The second-order valence-electron chi connectivity index (χ2n) is 9.20. The van der Waals surface area contributed by atoms with Crippen LogP contribution in [0.4, 0.5) is 26.7 Å². The Morgan fingerprint density at radius 3 is 2.62 bits per heavy atom. The van der Waals surface area contributed by atoms with Crippen molar-refractivity contribution in [1.82, 2.24) is 19.8 Å². The maximum atomic E-state index is 13.5. The Hall–Kier alpha value is -3.47. The minimum Gasteiger partial charge on any atom is -0.333 e. The lowest BCUT2D eigenvalue weighted by atomic mass is 10.0. The van der Waals surface area contributed by atoms with Crippen molar-refractivity contribution < 1.29 is 26.7 Å². The molecule has 5 nitrogen and oxygen atoms in total. The highest BCUT2D eigenvalue weighted by Gasteiger charge is 2.33. The van der Waals surface area contributed by atoms with Crippen molar-refractivity contribution in [2.24, 2.45) is 0 Å². The van der Waals surface area contributed by atoms with Crippen molar-refractivity contribution in [2.75, 3.05) is 13.1 Å². The summed E-state index contributed by atoms with van der Waals surface area (Å²) < 4.78 is 68.7. The number of carbonyl (C=O) groups is 1. The molecule has 0 saturated carbocycles. The average Bonchev–Trinajstić information content (AvgIpc) is 3.22. The fraction of sp³-hybridized carbons (Fsp3) is 0.214. The summed E-state index contributed by atoms with van der Waals surface area (Å²) in [5.74, 6) is -1.20. The fourth-order valence-electron chi connectivity index (χ4n) is 4.74. The monoisotopic (exact) mass is 596 g/mol. The van der Waals surface area contributed by atoms with Crippen LogP contribution in [0.1, 0.15) is 27.9 Å². The van der Waals surface area contributed by atoms with Gasteiger partial charge in [0.15, 0.2) is 0 Å². The van der Waals surface area contributed by atoms with E-state index in [0.717, 1.165) is 23.3 Å². The fourth-order valence-corrected chi connectivity index (χ4v) is 4.93. The summed E-state index contributed by atoms with van der Waals surface area (Å²) in [5, 5.41) is 3.27. The van der Waals surface area contributed by atoms with Gasteiger partial charge in [-0.1, -0.05) is 35.9 Å². The number of benzene rings is 2. The Morgan fingerprint density at radius 1 is 1.10 bits per heavy atom. The maximum absolute atomic E-state index is 13.5. The number of halogens is 7. The molecule has 1 aliphatic rings. The summed E-state index contributed by atoms with van der Waals surface area (Å²) in [4.78, 5) is 18.9. The van der Waals surface area contributed by atoms with Crippen molar-refractivity contribution >= 4 is 47.0 Å². The number of aromatic nitrogens is 2. The molecule has 0 atom stereocenters. The van der Waals surface area contributed by atoms with Gasteiger partial charge in [0.25, 0.3) is 0 Å². The summed E-state index contributed by atoms with van der Waals surface area (Å²) in [7, 11) is 0. The number of hydrogen-bond donors (Lipinski definition) is 1. The first-order valence-corrected chi connectivity index (χ1v) is 12.4. The number of nitrogens with zero attached hydrogens (tertiary/aromatic N) is 3. The zero-order chi connectivity index (χ0) is 27.7. The number of carbonyl (C=O) groups excluding carboxylic acids is 1. The number of rotatable bonds is 5. The van der Waals surface area contributed by atoms with Crippen LogP contribution in [-0.4, -0.2) is 33.6 Å². The highest BCUT2D eigenvalue weighted by Crippen LogP contribution is 2.36. The van der Waals surface area contributed by atoms with E-state index in [0.29, 0.717) is 42.7 Å². The molecule has 0 radical (unpaired) electrons. The molecule has 2 aromatic carbocycles. The lowest BCUT2D eigenvalue weighted by Gasteiger charge is -2.27. The second kappa shape index (κ2) is 12.0. The minimum absolute atomic E-state index is 0. The first kappa shape index (κ1) is 29.5. The van der Waals surface area contributed by atoms with Crippen LogP contribution in [0.5, 0.6) is 0 Å². The van der Waals surface area contributed by atoms with E-state index in [1.807, 2.05) is 12.2 Å². The van der Waals surface area contributed by atoms with Crippen LogP contribution in [0.2, 0.25) is 5.02 Å². The summed E-state index contributed by atoms with van der Waals surface area (Å²) in [6.45, 7) is 1.49. The van der Waals surface area contributed by atoms with Gasteiger partial charge < -0.3 is 5.32 Å². The summed E-state index contributed by atoms with van der Waals surface area (Å²) in [6.07, 6.45) is 0.839. The largest absolute Gasteiger partial charge is 0.416 e.